The number of amides is 3. The molecule has 0 spiro atoms. The molecule has 3 amide bonds. The van der Waals surface area contributed by atoms with Crippen LogP contribution in [0.15, 0.2) is 78.9 Å². The highest BCUT2D eigenvalue weighted by Crippen LogP contribution is 2.38. The van der Waals surface area contributed by atoms with Crippen molar-refractivity contribution in [1.82, 2.24) is 16.1 Å². The molecule has 3 aromatic carbocycles. The van der Waals surface area contributed by atoms with Crippen LogP contribution < -0.4 is 16.1 Å². The molecule has 236 valence electrons. The quantitative estimate of drug-likeness (QED) is 0.137. The number of nitrogens with one attached hydrogen (secondary N) is 3. The Hall–Kier alpha value is -4.18. The van der Waals surface area contributed by atoms with Gasteiger partial charge in [-0.15, -0.1) is 0 Å². The predicted octanol–water partition coefficient (Wildman–Crippen LogP) is 6.62. The second-order valence-corrected chi connectivity index (χ2v) is 12.0. The van der Waals surface area contributed by atoms with Crippen LogP contribution in [0.1, 0.15) is 69.7 Å². The van der Waals surface area contributed by atoms with E-state index < -0.39 is 46.8 Å². The zero-order valence-corrected chi connectivity index (χ0v) is 25.4. The highest BCUT2D eigenvalue weighted by atomic mass is 19.4. The van der Waals surface area contributed by atoms with E-state index in [0.717, 1.165) is 11.6 Å². The Kier molecular flexibility index (Phi) is 11.7. The van der Waals surface area contributed by atoms with Crippen molar-refractivity contribution in [3.8, 4) is 11.1 Å². The number of rotatable bonds is 12. The van der Waals surface area contributed by atoms with Gasteiger partial charge in [-0.2, -0.15) is 13.2 Å². The van der Waals surface area contributed by atoms with E-state index in [1.54, 1.807) is 57.2 Å². The van der Waals surface area contributed by atoms with Crippen LogP contribution in [-0.2, 0) is 27.0 Å². The van der Waals surface area contributed by atoms with Gasteiger partial charge in [0.2, 0.25) is 17.7 Å². The topological polar surface area (TPSA) is 108 Å². The standard InChI is InChI=1S/C34H40F3N3O4/c1-22(24-13-7-5-8-14-24)38-32(43)30(33(2,3)4)39-31(42)26(21-29(41)40-44)17-11-12-23-18-19-27(25-15-9-6-10-16-25)28(20-23)34(35,36)37/h5-10,13-16,18-20,22,26,30,44H,11-12,17,21H2,1-4H3,(H,38,43)(H,39,42)(H,40,41). The molecule has 0 aromatic heterocycles. The van der Waals surface area contributed by atoms with Crippen molar-refractivity contribution in [2.45, 2.75) is 71.6 Å². The van der Waals surface area contributed by atoms with Crippen molar-refractivity contribution >= 4 is 17.7 Å². The SMILES string of the molecule is CC(NC(=O)C(NC(=O)C(CCCc1ccc(-c2ccccc2)c(C(F)(F)F)c1)CC(=O)NO)C(C)(C)C)c1ccccc1. The summed E-state index contributed by atoms with van der Waals surface area (Å²) in [5.74, 6) is -2.68. The molecular formula is C34H40F3N3O4. The number of halogens is 3. The highest BCUT2D eigenvalue weighted by Gasteiger charge is 2.36. The van der Waals surface area contributed by atoms with Gasteiger partial charge in [-0.1, -0.05) is 93.6 Å². The lowest BCUT2D eigenvalue weighted by Crippen LogP contribution is -2.55. The van der Waals surface area contributed by atoms with E-state index in [-0.39, 0.29) is 37.3 Å². The third kappa shape index (κ3) is 9.67. The fourth-order valence-corrected chi connectivity index (χ4v) is 5.06. The molecule has 3 unspecified atom stereocenters. The van der Waals surface area contributed by atoms with Crippen molar-refractivity contribution in [2.24, 2.45) is 11.3 Å². The fraction of sp³-hybridized carbons (Fsp3) is 0.382. The number of hydrogen-bond acceptors (Lipinski definition) is 4. The Labute approximate surface area is 256 Å². The smallest absolute Gasteiger partial charge is 0.348 e. The number of carbonyl (C=O) groups is 3. The Morgan fingerprint density at radius 3 is 2.02 bits per heavy atom. The summed E-state index contributed by atoms with van der Waals surface area (Å²) in [5.41, 5.74) is 1.95. The first kappa shape index (κ1) is 34.3. The Morgan fingerprint density at radius 1 is 0.841 bits per heavy atom. The average molecular weight is 612 g/mol. The van der Waals surface area contributed by atoms with Gasteiger partial charge >= 0.3 is 6.18 Å². The van der Waals surface area contributed by atoms with Crippen LogP contribution in [0, 0.1) is 11.3 Å². The number of benzene rings is 3. The summed E-state index contributed by atoms with van der Waals surface area (Å²) in [5, 5.41) is 14.8. The molecule has 3 rings (SSSR count). The molecule has 0 aliphatic rings. The maximum atomic E-state index is 14.0. The summed E-state index contributed by atoms with van der Waals surface area (Å²) < 4.78 is 41.9. The lowest BCUT2D eigenvalue weighted by Gasteiger charge is -2.32. The lowest BCUT2D eigenvalue weighted by atomic mass is 9.85. The van der Waals surface area contributed by atoms with Gasteiger partial charge in [0, 0.05) is 12.3 Å². The first-order valence-electron chi connectivity index (χ1n) is 14.5. The summed E-state index contributed by atoms with van der Waals surface area (Å²) in [4.78, 5) is 38.8. The van der Waals surface area contributed by atoms with Crippen molar-refractivity contribution in [2.75, 3.05) is 0 Å². The third-order valence-electron chi connectivity index (χ3n) is 7.49. The Morgan fingerprint density at radius 2 is 1.45 bits per heavy atom. The van der Waals surface area contributed by atoms with E-state index in [0.29, 0.717) is 11.1 Å². The van der Waals surface area contributed by atoms with E-state index in [9.17, 15) is 27.6 Å². The maximum Gasteiger partial charge on any atom is 0.417 e. The second kappa shape index (κ2) is 15.0. The molecule has 0 aliphatic heterocycles. The molecule has 0 bridgehead atoms. The molecule has 0 saturated heterocycles. The van der Waals surface area contributed by atoms with E-state index in [1.807, 2.05) is 37.3 Å². The summed E-state index contributed by atoms with van der Waals surface area (Å²) in [6.45, 7) is 7.24. The maximum absolute atomic E-state index is 14.0. The third-order valence-corrected chi connectivity index (χ3v) is 7.49. The average Bonchev–Trinajstić information content (AvgIpc) is 2.98. The first-order valence-corrected chi connectivity index (χ1v) is 14.5. The molecule has 0 radical (unpaired) electrons. The predicted molar refractivity (Wildman–Crippen MR) is 162 cm³/mol. The molecule has 7 nitrogen and oxygen atoms in total. The molecule has 10 heteroatoms. The minimum atomic E-state index is -4.57. The minimum Gasteiger partial charge on any atom is -0.348 e. The summed E-state index contributed by atoms with van der Waals surface area (Å²) in [6.07, 6.45) is -4.28. The van der Waals surface area contributed by atoms with Crippen LogP contribution in [0.3, 0.4) is 0 Å². The fourth-order valence-electron chi connectivity index (χ4n) is 5.06. The number of aryl methyl sites for hydroxylation is 1. The van der Waals surface area contributed by atoms with Crippen molar-refractivity contribution in [1.29, 1.82) is 0 Å². The highest BCUT2D eigenvalue weighted by molar-refractivity contribution is 5.91. The molecule has 3 aromatic rings. The van der Waals surface area contributed by atoms with Crippen LogP contribution in [0.5, 0.6) is 0 Å². The van der Waals surface area contributed by atoms with Crippen LogP contribution >= 0.6 is 0 Å². The minimum absolute atomic E-state index is 0.0757. The number of hydrogen-bond donors (Lipinski definition) is 4. The van der Waals surface area contributed by atoms with E-state index >= 15 is 0 Å². The van der Waals surface area contributed by atoms with Gasteiger partial charge in [-0.05, 0) is 59.9 Å². The Balaban J connectivity index is 1.74. The van der Waals surface area contributed by atoms with Crippen molar-refractivity contribution < 1.29 is 32.8 Å². The number of alkyl halides is 3. The van der Waals surface area contributed by atoms with Crippen LogP contribution in [0.25, 0.3) is 11.1 Å². The van der Waals surface area contributed by atoms with Gasteiger partial charge in [-0.25, -0.2) is 5.48 Å². The van der Waals surface area contributed by atoms with Crippen LogP contribution in [0.2, 0.25) is 0 Å². The van der Waals surface area contributed by atoms with Crippen molar-refractivity contribution in [3.05, 3.63) is 95.6 Å². The van der Waals surface area contributed by atoms with E-state index in [4.69, 9.17) is 5.21 Å². The van der Waals surface area contributed by atoms with Crippen LogP contribution in [-0.4, -0.2) is 29.0 Å². The van der Waals surface area contributed by atoms with E-state index in [2.05, 4.69) is 10.6 Å². The number of hydroxylamine groups is 1. The zero-order valence-electron chi connectivity index (χ0n) is 25.4. The second-order valence-electron chi connectivity index (χ2n) is 12.0. The first-order chi connectivity index (χ1) is 20.7. The lowest BCUT2D eigenvalue weighted by molar-refractivity contribution is -0.137. The molecule has 0 aliphatic carbocycles. The normalized spacial score (nSPS) is 13.8. The monoisotopic (exact) mass is 611 g/mol. The molecule has 4 N–H and O–H groups in total. The molecule has 0 saturated carbocycles. The molecule has 0 heterocycles. The number of carbonyl (C=O) groups excluding carboxylic acids is 3. The summed E-state index contributed by atoms with van der Waals surface area (Å²) in [7, 11) is 0. The Bertz CT molecular complexity index is 1410. The van der Waals surface area contributed by atoms with Crippen LogP contribution in [0.4, 0.5) is 13.2 Å². The van der Waals surface area contributed by atoms with Gasteiger partial charge in [0.05, 0.1) is 11.6 Å². The largest absolute Gasteiger partial charge is 0.417 e. The van der Waals surface area contributed by atoms with E-state index in [1.165, 1.54) is 11.5 Å². The molecule has 0 fully saturated rings. The van der Waals surface area contributed by atoms with Crippen molar-refractivity contribution in [3.63, 3.8) is 0 Å². The van der Waals surface area contributed by atoms with Gasteiger partial charge in [0.1, 0.15) is 6.04 Å². The van der Waals surface area contributed by atoms with Gasteiger partial charge in [0.25, 0.3) is 0 Å². The molecule has 44 heavy (non-hydrogen) atoms. The van der Waals surface area contributed by atoms with Gasteiger partial charge < -0.3 is 10.6 Å². The molecular weight excluding hydrogens is 571 g/mol. The summed E-state index contributed by atoms with van der Waals surface area (Å²) in [6, 6.07) is 20.6. The zero-order chi connectivity index (χ0) is 32.5. The van der Waals surface area contributed by atoms with Gasteiger partial charge in [0.15, 0.2) is 0 Å². The van der Waals surface area contributed by atoms with Gasteiger partial charge in [-0.3, -0.25) is 19.6 Å². The molecule has 3 atom stereocenters. The summed E-state index contributed by atoms with van der Waals surface area (Å²) >= 11 is 0.